The molecule has 0 unspecified atom stereocenters. The van der Waals surface area contributed by atoms with Gasteiger partial charge in [-0.1, -0.05) is 6.92 Å². The molecule has 14 atom stereocenters. The lowest BCUT2D eigenvalue weighted by Crippen LogP contribution is -2.72. The fourth-order valence-electron chi connectivity index (χ4n) is 10.1. The third-order valence-corrected chi connectivity index (χ3v) is 12.3. The fourth-order valence-corrected chi connectivity index (χ4v) is 10.1. The number of epoxide rings is 1. The monoisotopic (exact) mass is 576 g/mol. The average molecular weight is 577 g/mol. The maximum absolute atomic E-state index is 13.4. The topological polar surface area (TPSA) is 179 Å². The molecule has 2 aliphatic heterocycles. The van der Waals surface area contributed by atoms with Crippen LogP contribution in [0.3, 0.4) is 0 Å². The van der Waals surface area contributed by atoms with Crippen molar-refractivity contribution in [3.8, 4) is 0 Å². The summed E-state index contributed by atoms with van der Waals surface area (Å²) in [7, 11) is 0. The first kappa shape index (κ1) is 28.1. The lowest BCUT2D eigenvalue weighted by molar-refractivity contribution is -0.356. The van der Waals surface area contributed by atoms with E-state index >= 15 is 0 Å². The first-order chi connectivity index (χ1) is 19.5. The van der Waals surface area contributed by atoms with Crippen molar-refractivity contribution in [1.82, 2.24) is 0 Å². The Morgan fingerprint density at radius 3 is 2.46 bits per heavy atom. The lowest BCUT2D eigenvalue weighted by Gasteiger charge is -2.65. The predicted molar refractivity (Wildman–Crippen MR) is 139 cm³/mol. The highest BCUT2D eigenvalue weighted by Gasteiger charge is 2.77. The number of rotatable bonds is 5. The third kappa shape index (κ3) is 3.61. The van der Waals surface area contributed by atoms with Crippen molar-refractivity contribution < 1.29 is 49.0 Å². The Hall–Kier alpha value is -1.70. The van der Waals surface area contributed by atoms with Crippen molar-refractivity contribution in [2.45, 2.75) is 118 Å². The number of aliphatic hydroxyl groups excluding tert-OH is 4. The van der Waals surface area contributed by atoms with Gasteiger partial charge in [0.05, 0.1) is 30.0 Å². The third-order valence-electron chi connectivity index (χ3n) is 12.3. The van der Waals surface area contributed by atoms with Crippen LogP contribution >= 0.6 is 0 Å². The van der Waals surface area contributed by atoms with Gasteiger partial charge in [-0.15, -0.1) is 0 Å². The van der Waals surface area contributed by atoms with Crippen LogP contribution in [0, 0.1) is 22.7 Å². The number of carbonyl (C=O) groups excluding carboxylic acids is 1. The second-order valence-corrected chi connectivity index (χ2v) is 13.6. The van der Waals surface area contributed by atoms with Crippen molar-refractivity contribution in [3.05, 3.63) is 34.4 Å². The van der Waals surface area contributed by atoms with Gasteiger partial charge < -0.3 is 49.0 Å². The SMILES string of the molecule is C[C@]12CC[C@@H]3[C@H](CC[C@]4(O[C@@H]5O[C@H](CO)[C@@H](O)[C@H](O)[C@H]5O)[C@H]5O[C@H]5CC[C@]34C=O)[C@@]1(O)CC[C@@H]2c1ccc(=O)oc1. The highest BCUT2D eigenvalue weighted by molar-refractivity contribution is 5.65. The zero-order chi connectivity index (χ0) is 28.9. The summed E-state index contributed by atoms with van der Waals surface area (Å²) in [5.41, 5.74) is -3.23. The van der Waals surface area contributed by atoms with Gasteiger partial charge in [-0.25, -0.2) is 4.79 Å². The summed E-state index contributed by atoms with van der Waals surface area (Å²) < 4.78 is 23.6. The Morgan fingerprint density at radius 2 is 1.76 bits per heavy atom. The number of fused-ring (bicyclic) bond motifs is 7. The van der Waals surface area contributed by atoms with Crippen molar-refractivity contribution in [1.29, 1.82) is 0 Å². The summed E-state index contributed by atoms with van der Waals surface area (Å²) in [6, 6.07) is 3.21. The number of hydrogen-bond acceptors (Lipinski definition) is 11. The summed E-state index contributed by atoms with van der Waals surface area (Å²) in [5.74, 6) is -0.396. The minimum Gasteiger partial charge on any atom is -0.431 e. The quantitative estimate of drug-likeness (QED) is 0.186. The smallest absolute Gasteiger partial charge is 0.335 e. The van der Waals surface area contributed by atoms with E-state index in [1.54, 1.807) is 6.07 Å². The van der Waals surface area contributed by atoms with Gasteiger partial charge in [0.2, 0.25) is 0 Å². The zero-order valence-electron chi connectivity index (χ0n) is 23.1. The molecular weight excluding hydrogens is 536 g/mol. The van der Waals surface area contributed by atoms with Crippen LogP contribution < -0.4 is 5.63 Å². The molecule has 5 N–H and O–H groups in total. The number of aliphatic hydroxyl groups is 5. The van der Waals surface area contributed by atoms with Gasteiger partial charge in [0.15, 0.2) is 6.29 Å². The number of aldehydes is 1. The van der Waals surface area contributed by atoms with Crippen LogP contribution in [-0.2, 0) is 19.0 Å². The van der Waals surface area contributed by atoms with Crippen LogP contribution in [0.15, 0.2) is 27.6 Å². The average Bonchev–Trinajstić information content (AvgIpc) is 3.72. The van der Waals surface area contributed by atoms with E-state index in [4.69, 9.17) is 18.6 Å². The summed E-state index contributed by atoms with van der Waals surface area (Å²) in [6.45, 7) is 1.54. The molecule has 1 aromatic heterocycles. The normalized spacial score (nSPS) is 53.9. The Balaban J connectivity index is 1.24. The molecule has 11 heteroatoms. The van der Waals surface area contributed by atoms with Crippen LogP contribution in [0.2, 0.25) is 0 Å². The fraction of sp³-hybridized carbons (Fsp3) is 0.800. The Kier molecular flexibility index (Phi) is 6.44. The predicted octanol–water partition coefficient (Wildman–Crippen LogP) is 0.376. The summed E-state index contributed by atoms with van der Waals surface area (Å²) in [5, 5.41) is 53.9. The van der Waals surface area contributed by atoms with Crippen LogP contribution in [0.25, 0.3) is 0 Å². The Bertz CT molecular complexity index is 1230. The molecule has 41 heavy (non-hydrogen) atoms. The number of hydrogen-bond donors (Lipinski definition) is 5. The van der Waals surface area contributed by atoms with Crippen LogP contribution in [0.1, 0.15) is 69.8 Å². The minimum absolute atomic E-state index is 0.00420. The molecule has 7 rings (SSSR count). The van der Waals surface area contributed by atoms with Crippen molar-refractivity contribution in [2.75, 3.05) is 6.61 Å². The molecule has 6 fully saturated rings. The van der Waals surface area contributed by atoms with Gasteiger partial charge in [-0.2, -0.15) is 0 Å². The van der Waals surface area contributed by atoms with Crippen molar-refractivity contribution in [2.24, 2.45) is 22.7 Å². The van der Waals surface area contributed by atoms with Gasteiger partial charge in [-0.05, 0) is 80.8 Å². The number of ether oxygens (including phenoxy) is 3. The van der Waals surface area contributed by atoms with Gasteiger partial charge in [-0.3, -0.25) is 0 Å². The van der Waals surface area contributed by atoms with Gasteiger partial charge >= 0.3 is 5.63 Å². The maximum Gasteiger partial charge on any atom is 0.335 e. The van der Waals surface area contributed by atoms with Crippen molar-refractivity contribution in [3.63, 3.8) is 0 Å². The largest absolute Gasteiger partial charge is 0.431 e. The summed E-state index contributed by atoms with van der Waals surface area (Å²) >= 11 is 0. The molecule has 2 saturated heterocycles. The molecular formula is C30H40O11. The van der Waals surface area contributed by atoms with E-state index in [9.17, 15) is 35.1 Å². The van der Waals surface area contributed by atoms with E-state index in [2.05, 4.69) is 6.92 Å². The Morgan fingerprint density at radius 1 is 0.976 bits per heavy atom. The van der Waals surface area contributed by atoms with Crippen LogP contribution in [0.4, 0.5) is 0 Å². The van der Waals surface area contributed by atoms with E-state index in [-0.39, 0.29) is 23.9 Å². The van der Waals surface area contributed by atoms with E-state index in [0.29, 0.717) is 44.9 Å². The molecule has 4 aliphatic carbocycles. The molecule has 0 spiro atoms. The molecule has 226 valence electrons. The molecule has 0 aromatic carbocycles. The molecule has 0 radical (unpaired) electrons. The van der Waals surface area contributed by atoms with Gasteiger partial charge in [0, 0.05) is 11.5 Å². The maximum atomic E-state index is 13.4. The zero-order valence-corrected chi connectivity index (χ0v) is 23.1. The molecule has 6 aliphatic rings. The molecule has 3 heterocycles. The van der Waals surface area contributed by atoms with Crippen molar-refractivity contribution >= 4 is 6.29 Å². The van der Waals surface area contributed by atoms with Crippen LogP contribution in [-0.4, -0.2) is 92.5 Å². The van der Waals surface area contributed by atoms with E-state index in [1.165, 1.54) is 12.3 Å². The molecule has 0 bridgehead atoms. The van der Waals surface area contributed by atoms with Gasteiger partial charge in [0.1, 0.15) is 42.4 Å². The second-order valence-electron chi connectivity index (χ2n) is 13.6. The van der Waals surface area contributed by atoms with E-state index in [0.717, 1.165) is 18.3 Å². The van der Waals surface area contributed by atoms with E-state index < -0.39 is 71.1 Å². The minimum atomic E-state index is -1.60. The summed E-state index contributed by atoms with van der Waals surface area (Å²) in [4.78, 5) is 25.0. The number of carbonyl (C=O) groups is 1. The molecule has 11 nitrogen and oxygen atoms in total. The van der Waals surface area contributed by atoms with Crippen LogP contribution in [0.5, 0.6) is 0 Å². The lowest BCUT2D eigenvalue weighted by atomic mass is 9.41. The Labute approximate surface area is 237 Å². The molecule has 1 aromatic rings. The molecule has 4 saturated carbocycles. The van der Waals surface area contributed by atoms with Gasteiger partial charge in [0.25, 0.3) is 0 Å². The first-order valence-electron chi connectivity index (χ1n) is 15.0. The summed E-state index contributed by atoms with van der Waals surface area (Å²) in [6.07, 6.45) is -0.488. The molecule has 0 amide bonds. The standard InChI is InChI=1S/C30H40O11/c1-27-8-4-17-18(29(27,37)10-5-16(27)15-2-3-21(33)38-13-15)6-11-30(25-19(39-25)7-9-28(17,30)14-32)41-26-24(36)23(35)22(34)20(12-31)40-26/h2-3,13-14,16-20,22-26,31,34-37H,4-12H2,1H3/t16-,17-,18+,19+,20-,22-,23+,24-,25+,26+,27-,28+,29+,30+/m1/s1. The highest BCUT2D eigenvalue weighted by Crippen LogP contribution is 2.73. The van der Waals surface area contributed by atoms with E-state index in [1.807, 2.05) is 0 Å². The highest BCUT2D eigenvalue weighted by atomic mass is 16.7. The first-order valence-corrected chi connectivity index (χ1v) is 15.0. The second kappa shape index (κ2) is 9.40.